The van der Waals surface area contributed by atoms with E-state index in [4.69, 9.17) is 32.7 Å². The monoisotopic (exact) mass is 704 g/mol. The lowest BCUT2D eigenvalue weighted by atomic mass is 10.2. The second-order valence-corrected chi connectivity index (χ2v) is 12.3. The quantitative estimate of drug-likeness (QED) is 0.179. The number of hydrogen-bond acceptors (Lipinski definition) is 10. The van der Waals surface area contributed by atoms with E-state index in [1.807, 2.05) is 0 Å². The summed E-state index contributed by atoms with van der Waals surface area (Å²) in [6.45, 7) is 9.26. The third kappa shape index (κ3) is 11.8. The third-order valence-corrected chi connectivity index (χ3v) is 8.20. The Labute approximate surface area is 281 Å². The zero-order chi connectivity index (χ0) is 35.3. The maximum Gasteiger partial charge on any atom is 0.333 e. The summed E-state index contributed by atoms with van der Waals surface area (Å²) in [5.41, 5.74) is -0.319. The molecule has 47 heavy (non-hydrogen) atoms. The van der Waals surface area contributed by atoms with E-state index in [9.17, 15) is 37.2 Å². The summed E-state index contributed by atoms with van der Waals surface area (Å²) in [5.74, 6) is -4.24. The highest BCUT2D eigenvalue weighted by atomic mass is 35.5. The standard InChI is InChI=1S/C32H30Cl2N2O10S/c1-19(2)31(41)45-17-15-21(37)11-13-27(39)35-29-23(33)7-5-9-25(29)47(43,44)26-10-6-8-24(34)30(26)36-28(40)14-12-22(38)16-18-46-32(42)20(3)4/h5-14H,1,3,15-18H2,2,4H3,(H,35,39)(H,36,40). The summed E-state index contributed by atoms with van der Waals surface area (Å²) in [6.07, 6.45) is 3.12. The molecule has 0 atom stereocenters. The molecule has 0 saturated heterocycles. The van der Waals surface area contributed by atoms with Gasteiger partial charge in [-0.2, -0.15) is 0 Å². The number of allylic oxidation sites excluding steroid dienone is 2. The lowest BCUT2D eigenvalue weighted by Crippen LogP contribution is -2.16. The number of carbonyl (C=O) groups excluding carboxylic acids is 6. The molecule has 2 aromatic carbocycles. The van der Waals surface area contributed by atoms with E-state index in [1.165, 1.54) is 38.1 Å². The molecule has 248 valence electrons. The van der Waals surface area contributed by atoms with Gasteiger partial charge in [-0.15, -0.1) is 0 Å². The Morgan fingerprint density at radius 1 is 0.681 bits per heavy atom. The Bertz CT molecular complexity index is 1670. The molecule has 0 aromatic heterocycles. The molecule has 0 spiro atoms. The van der Waals surface area contributed by atoms with E-state index in [-0.39, 0.29) is 58.6 Å². The molecule has 0 aliphatic carbocycles. The molecule has 0 radical (unpaired) electrons. The molecule has 0 aliphatic rings. The topological polar surface area (TPSA) is 179 Å². The van der Waals surface area contributed by atoms with Crippen molar-refractivity contribution >= 4 is 79.7 Å². The molecule has 2 aromatic rings. The van der Waals surface area contributed by atoms with Crippen LogP contribution < -0.4 is 10.6 Å². The summed E-state index contributed by atoms with van der Waals surface area (Å²) in [5, 5.41) is 4.37. The zero-order valence-corrected chi connectivity index (χ0v) is 27.6. The number of hydrogen-bond donors (Lipinski definition) is 2. The maximum absolute atomic E-state index is 13.9. The van der Waals surface area contributed by atoms with Crippen molar-refractivity contribution in [2.24, 2.45) is 0 Å². The Hall–Kier alpha value is -4.85. The molecule has 0 saturated carbocycles. The second kappa shape index (κ2) is 17.7. The molecule has 0 heterocycles. The van der Waals surface area contributed by atoms with Crippen LogP contribution in [0, 0.1) is 0 Å². The smallest absolute Gasteiger partial charge is 0.333 e. The largest absolute Gasteiger partial charge is 0.462 e. The van der Waals surface area contributed by atoms with Gasteiger partial charge in [0.1, 0.15) is 0 Å². The van der Waals surface area contributed by atoms with Crippen molar-refractivity contribution in [3.8, 4) is 0 Å². The molecule has 0 unspecified atom stereocenters. The zero-order valence-electron chi connectivity index (χ0n) is 25.3. The first-order valence-electron chi connectivity index (χ1n) is 13.6. The first-order chi connectivity index (χ1) is 22.0. The number of halogens is 2. The van der Waals surface area contributed by atoms with Crippen LogP contribution in [0.25, 0.3) is 0 Å². The van der Waals surface area contributed by atoms with Crippen molar-refractivity contribution < 1.29 is 46.7 Å². The fraction of sp³-hybridized carbons (Fsp3) is 0.188. The number of sulfone groups is 1. The van der Waals surface area contributed by atoms with Crippen LogP contribution in [0.15, 0.2) is 94.8 Å². The van der Waals surface area contributed by atoms with Crippen molar-refractivity contribution in [2.75, 3.05) is 23.8 Å². The Morgan fingerprint density at radius 2 is 1.04 bits per heavy atom. The van der Waals surface area contributed by atoms with E-state index in [0.29, 0.717) is 0 Å². The van der Waals surface area contributed by atoms with Gasteiger partial charge in [-0.05, 0) is 50.3 Å². The normalized spacial score (nSPS) is 11.1. The van der Waals surface area contributed by atoms with Crippen molar-refractivity contribution in [3.05, 3.63) is 95.1 Å². The molecule has 12 nitrogen and oxygen atoms in total. The van der Waals surface area contributed by atoms with Crippen LogP contribution in [-0.2, 0) is 48.1 Å². The minimum absolute atomic E-state index is 0.158. The van der Waals surface area contributed by atoms with Crippen molar-refractivity contribution in [1.82, 2.24) is 0 Å². The number of ketones is 2. The van der Waals surface area contributed by atoms with E-state index in [2.05, 4.69) is 23.8 Å². The molecular weight excluding hydrogens is 675 g/mol. The Kier molecular flexibility index (Phi) is 14.5. The number of anilines is 2. The fourth-order valence-corrected chi connectivity index (χ4v) is 5.55. The minimum atomic E-state index is -4.55. The molecule has 0 aliphatic heterocycles. The van der Waals surface area contributed by atoms with Gasteiger partial charge in [-0.1, -0.05) is 48.5 Å². The Morgan fingerprint density at radius 3 is 1.38 bits per heavy atom. The minimum Gasteiger partial charge on any atom is -0.462 e. The SMILES string of the molecule is C=C(C)C(=O)OCCC(=O)C=CC(=O)Nc1c(Cl)cccc1S(=O)(=O)c1cccc(Cl)c1NC(=O)C=CC(=O)CCOC(=O)C(=C)C. The van der Waals surface area contributed by atoms with Crippen LogP contribution in [0.3, 0.4) is 0 Å². The highest BCUT2D eigenvalue weighted by molar-refractivity contribution is 7.91. The van der Waals surface area contributed by atoms with Gasteiger partial charge in [-0.3, -0.25) is 19.2 Å². The van der Waals surface area contributed by atoms with Crippen LogP contribution in [0.2, 0.25) is 10.0 Å². The van der Waals surface area contributed by atoms with Crippen LogP contribution >= 0.6 is 23.2 Å². The number of carbonyl (C=O) groups is 6. The molecule has 0 bridgehead atoms. The van der Waals surface area contributed by atoms with Gasteiger partial charge in [0.25, 0.3) is 0 Å². The van der Waals surface area contributed by atoms with Crippen LogP contribution in [0.5, 0.6) is 0 Å². The Balaban J connectivity index is 2.24. The molecule has 0 fully saturated rings. The summed E-state index contributed by atoms with van der Waals surface area (Å²) < 4.78 is 37.4. The molecule has 15 heteroatoms. The van der Waals surface area contributed by atoms with Gasteiger partial charge >= 0.3 is 11.9 Å². The lowest BCUT2D eigenvalue weighted by Gasteiger charge is -2.16. The number of benzene rings is 2. The third-order valence-electron chi connectivity index (χ3n) is 5.73. The number of rotatable bonds is 16. The average molecular weight is 706 g/mol. The first kappa shape index (κ1) is 38.3. The number of ether oxygens (including phenoxy) is 2. The predicted molar refractivity (Wildman–Crippen MR) is 175 cm³/mol. The molecular formula is C32H30Cl2N2O10S. The molecule has 2 amide bonds. The first-order valence-corrected chi connectivity index (χ1v) is 15.8. The van der Waals surface area contributed by atoms with Gasteiger partial charge in [0.15, 0.2) is 11.6 Å². The summed E-state index contributed by atoms with van der Waals surface area (Å²) >= 11 is 12.5. The van der Waals surface area contributed by atoms with Gasteiger partial charge in [0.2, 0.25) is 21.7 Å². The van der Waals surface area contributed by atoms with Crippen LogP contribution in [0.1, 0.15) is 26.7 Å². The van der Waals surface area contributed by atoms with Crippen LogP contribution in [-0.4, -0.2) is 57.0 Å². The number of nitrogens with one attached hydrogen (secondary N) is 2. The van der Waals surface area contributed by atoms with Gasteiger partial charge < -0.3 is 20.1 Å². The van der Waals surface area contributed by atoms with Gasteiger partial charge in [0.05, 0.1) is 44.4 Å². The predicted octanol–water partition coefficient (Wildman–Crippen LogP) is 4.97. The average Bonchev–Trinajstić information content (AvgIpc) is 3.00. The van der Waals surface area contributed by atoms with Crippen molar-refractivity contribution in [3.63, 3.8) is 0 Å². The fourth-order valence-electron chi connectivity index (χ4n) is 3.39. The molecule has 2 rings (SSSR count). The van der Waals surface area contributed by atoms with E-state index >= 15 is 0 Å². The summed E-state index contributed by atoms with van der Waals surface area (Å²) in [4.78, 5) is 71.3. The second-order valence-electron chi connectivity index (χ2n) is 9.64. The van der Waals surface area contributed by atoms with Crippen LogP contribution in [0.4, 0.5) is 11.4 Å². The number of amides is 2. The highest BCUT2D eigenvalue weighted by Crippen LogP contribution is 2.38. The summed E-state index contributed by atoms with van der Waals surface area (Å²) in [6, 6.07) is 7.61. The highest BCUT2D eigenvalue weighted by Gasteiger charge is 2.28. The van der Waals surface area contributed by atoms with E-state index in [0.717, 1.165) is 36.4 Å². The van der Waals surface area contributed by atoms with Crippen molar-refractivity contribution in [1.29, 1.82) is 0 Å². The molecule has 2 N–H and O–H groups in total. The van der Waals surface area contributed by atoms with Crippen molar-refractivity contribution in [2.45, 2.75) is 36.5 Å². The van der Waals surface area contributed by atoms with E-state index < -0.39 is 54.9 Å². The lowest BCUT2D eigenvalue weighted by molar-refractivity contribution is -0.140. The number of para-hydroxylation sites is 2. The number of esters is 2. The summed E-state index contributed by atoms with van der Waals surface area (Å²) in [7, 11) is -4.55. The van der Waals surface area contributed by atoms with Gasteiger partial charge in [-0.25, -0.2) is 18.0 Å². The van der Waals surface area contributed by atoms with E-state index in [1.54, 1.807) is 0 Å². The maximum atomic E-state index is 13.9. The van der Waals surface area contributed by atoms with Gasteiger partial charge in [0, 0.05) is 36.1 Å².